The summed E-state index contributed by atoms with van der Waals surface area (Å²) in [4.78, 5) is 37.7. The van der Waals surface area contributed by atoms with E-state index in [4.69, 9.17) is 4.74 Å². The maximum Gasteiger partial charge on any atom is 0.306 e. The summed E-state index contributed by atoms with van der Waals surface area (Å²) in [7, 11) is 0. The molecule has 0 saturated heterocycles. The largest absolute Gasteiger partial charge is 0.458 e. The number of anilines is 1. The Morgan fingerprint density at radius 3 is 2.00 bits per heavy atom. The van der Waals surface area contributed by atoms with Gasteiger partial charge in [0.15, 0.2) is 12.4 Å². The molecule has 0 radical (unpaired) electrons. The highest BCUT2D eigenvalue weighted by Gasteiger charge is 2.22. The van der Waals surface area contributed by atoms with Crippen molar-refractivity contribution in [3.63, 3.8) is 0 Å². The maximum absolute atomic E-state index is 12.0. The Hall–Kier alpha value is -2.60. The molecule has 29 heavy (non-hydrogen) atoms. The summed E-state index contributed by atoms with van der Waals surface area (Å²) >= 11 is 1.65. The first-order chi connectivity index (χ1) is 13.6. The zero-order valence-corrected chi connectivity index (χ0v) is 18.1. The summed E-state index contributed by atoms with van der Waals surface area (Å²) in [6.07, 6.45) is -0.0625. The molecule has 2 aromatic rings. The van der Waals surface area contributed by atoms with Crippen LogP contribution in [0.2, 0.25) is 0 Å². The molecule has 1 amide bonds. The third-order valence-corrected chi connectivity index (χ3v) is 5.17. The second-order valence-electron chi connectivity index (χ2n) is 7.82. The predicted molar refractivity (Wildman–Crippen MR) is 115 cm³/mol. The fourth-order valence-electron chi connectivity index (χ4n) is 2.22. The van der Waals surface area contributed by atoms with Crippen LogP contribution in [0, 0.1) is 12.3 Å². The van der Waals surface area contributed by atoms with E-state index in [1.54, 1.807) is 32.5 Å². The standard InChI is InChI=1S/C23H27NO4S/c1-16-5-9-18(10-6-16)29-19-11-7-17(8-12-19)24-21(26)13-14-22(27)28-15-20(25)23(2,3)4/h5-12H,13-15H2,1-4H3,(H,24,26). The van der Waals surface area contributed by atoms with Crippen molar-refractivity contribution in [1.29, 1.82) is 0 Å². The van der Waals surface area contributed by atoms with Crippen molar-refractivity contribution in [2.24, 2.45) is 5.41 Å². The lowest BCUT2D eigenvalue weighted by atomic mass is 9.91. The summed E-state index contributed by atoms with van der Waals surface area (Å²) < 4.78 is 4.94. The van der Waals surface area contributed by atoms with Crippen LogP contribution in [0.5, 0.6) is 0 Å². The highest BCUT2D eigenvalue weighted by atomic mass is 32.2. The molecule has 0 aliphatic rings. The number of ketones is 1. The molecular weight excluding hydrogens is 386 g/mol. The molecule has 0 aromatic heterocycles. The van der Waals surface area contributed by atoms with Gasteiger partial charge in [-0.3, -0.25) is 14.4 Å². The summed E-state index contributed by atoms with van der Waals surface area (Å²) in [5, 5.41) is 2.76. The number of carbonyl (C=O) groups excluding carboxylic acids is 3. The van der Waals surface area contributed by atoms with Gasteiger partial charge in [-0.25, -0.2) is 0 Å². The van der Waals surface area contributed by atoms with Crippen molar-refractivity contribution in [3.8, 4) is 0 Å². The molecule has 0 heterocycles. The van der Waals surface area contributed by atoms with Gasteiger partial charge in [-0.2, -0.15) is 0 Å². The highest BCUT2D eigenvalue weighted by Crippen LogP contribution is 2.28. The number of carbonyl (C=O) groups is 3. The third-order valence-electron chi connectivity index (χ3n) is 4.15. The van der Waals surface area contributed by atoms with Gasteiger partial charge in [-0.05, 0) is 43.3 Å². The van der Waals surface area contributed by atoms with E-state index in [1.807, 2.05) is 24.3 Å². The normalized spacial score (nSPS) is 11.0. The predicted octanol–water partition coefficient (Wildman–Crippen LogP) is 5.02. The van der Waals surface area contributed by atoms with Gasteiger partial charge in [0.25, 0.3) is 0 Å². The molecule has 0 unspecified atom stereocenters. The number of benzene rings is 2. The van der Waals surface area contributed by atoms with E-state index in [0.717, 1.165) is 9.79 Å². The van der Waals surface area contributed by atoms with Crippen LogP contribution in [-0.4, -0.2) is 24.3 Å². The van der Waals surface area contributed by atoms with Gasteiger partial charge in [0, 0.05) is 27.3 Å². The summed E-state index contributed by atoms with van der Waals surface area (Å²) in [5.41, 5.74) is 1.33. The molecule has 5 nitrogen and oxygen atoms in total. The fourth-order valence-corrected chi connectivity index (χ4v) is 3.04. The molecule has 1 N–H and O–H groups in total. The minimum atomic E-state index is -0.554. The lowest BCUT2D eigenvalue weighted by molar-refractivity contribution is -0.150. The first-order valence-electron chi connectivity index (χ1n) is 9.47. The number of amides is 1. The van der Waals surface area contributed by atoms with E-state index in [9.17, 15) is 14.4 Å². The average molecular weight is 414 g/mol. The molecule has 2 aromatic carbocycles. The molecule has 0 spiro atoms. The van der Waals surface area contributed by atoms with Crippen LogP contribution in [0.4, 0.5) is 5.69 Å². The number of esters is 1. The maximum atomic E-state index is 12.0. The Morgan fingerprint density at radius 1 is 0.897 bits per heavy atom. The Morgan fingerprint density at radius 2 is 1.45 bits per heavy atom. The Bertz CT molecular complexity index is 852. The molecule has 154 valence electrons. The van der Waals surface area contributed by atoms with Crippen molar-refractivity contribution in [2.45, 2.75) is 50.3 Å². The van der Waals surface area contributed by atoms with Gasteiger partial charge in [-0.1, -0.05) is 50.2 Å². The lowest BCUT2D eigenvalue weighted by Gasteiger charge is -2.16. The van der Waals surface area contributed by atoms with Crippen molar-refractivity contribution in [3.05, 3.63) is 54.1 Å². The van der Waals surface area contributed by atoms with Gasteiger partial charge in [0.1, 0.15) is 0 Å². The van der Waals surface area contributed by atoms with E-state index >= 15 is 0 Å². The van der Waals surface area contributed by atoms with Crippen LogP contribution >= 0.6 is 11.8 Å². The SMILES string of the molecule is Cc1ccc(Sc2ccc(NC(=O)CCC(=O)OCC(=O)C(C)(C)C)cc2)cc1. The van der Waals surface area contributed by atoms with E-state index in [0.29, 0.717) is 5.69 Å². The lowest BCUT2D eigenvalue weighted by Crippen LogP contribution is -2.26. The van der Waals surface area contributed by atoms with E-state index in [-0.39, 0.29) is 31.1 Å². The van der Waals surface area contributed by atoms with Crippen LogP contribution in [0.15, 0.2) is 58.3 Å². The van der Waals surface area contributed by atoms with E-state index < -0.39 is 11.4 Å². The summed E-state index contributed by atoms with van der Waals surface area (Å²) in [6, 6.07) is 15.8. The first kappa shape index (κ1) is 22.7. The molecule has 0 fully saturated rings. The quantitative estimate of drug-likeness (QED) is 0.615. The summed E-state index contributed by atoms with van der Waals surface area (Å²) in [6.45, 7) is 7.09. The second-order valence-corrected chi connectivity index (χ2v) is 8.97. The number of ether oxygens (including phenoxy) is 1. The van der Waals surface area contributed by atoms with Crippen molar-refractivity contribution < 1.29 is 19.1 Å². The van der Waals surface area contributed by atoms with Crippen LogP contribution < -0.4 is 5.32 Å². The van der Waals surface area contributed by atoms with Gasteiger partial charge in [-0.15, -0.1) is 0 Å². The van der Waals surface area contributed by atoms with Crippen molar-refractivity contribution >= 4 is 35.1 Å². The van der Waals surface area contributed by atoms with Gasteiger partial charge >= 0.3 is 5.97 Å². The smallest absolute Gasteiger partial charge is 0.306 e. The zero-order valence-electron chi connectivity index (χ0n) is 17.3. The van der Waals surface area contributed by atoms with Gasteiger partial charge < -0.3 is 10.1 Å². The Kier molecular flexibility index (Phi) is 8.02. The number of hydrogen-bond acceptors (Lipinski definition) is 5. The molecule has 6 heteroatoms. The molecule has 0 bridgehead atoms. The molecule has 0 aliphatic carbocycles. The third kappa shape index (κ3) is 8.11. The highest BCUT2D eigenvalue weighted by molar-refractivity contribution is 7.99. The molecule has 2 rings (SSSR count). The number of nitrogens with one attached hydrogen (secondary N) is 1. The molecule has 0 aliphatic heterocycles. The average Bonchev–Trinajstić information content (AvgIpc) is 2.67. The van der Waals surface area contributed by atoms with Crippen LogP contribution in [-0.2, 0) is 19.1 Å². The number of Topliss-reactive ketones (excluding diaryl/α,β-unsaturated/α-hetero) is 1. The zero-order chi connectivity index (χ0) is 21.4. The summed E-state index contributed by atoms with van der Waals surface area (Å²) in [5.74, 6) is -0.982. The first-order valence-corrected chi connectivity index (χ1v) is 10.3. The monoisotopic (exact) mass is 413 g/mol. The topological polar surface area (TPSA) is 72.5 Å². The van der Waals surface area contributed by atoms with Gasteiger partial charge in [0.2, 0.25) is 5.91 Å². The second kappa shape index (κ2) is 10.3. The van der Waals surface area contributed by atoms with Crippen molar-refractivity contribution in [1.82, 2.24) is 0 Å². The number of hydrogen-bond donors (Lipinski definition) is 1. The van der Waals surface area contributed by atoms with Crippen molar-refractivity contribution in [2.75, 3.05) is 11.9 Å². The molecular formula is C23H27NO4S. The van der Waals surface area contributed by atoms with Crippen LogP contribution in [0.25, 0.3) is 0 Å². The number of rotatable bonds is 8. The van der Waals surface area contributed by atoms with E-state index in [1.165, 1.54) is 5.56 Å². The van der Waals surface area contributed by atoms with E-state index in [2.05, 4.69) is 36.5 Å². The van der Waals surface area contributed by atoms with Crippen LogP contribution in [0.1, 0.15) is 39.2 Å². The fraction of sp³-hybridized carbons (Fsp3) is 0.348. The Labute approximate surface area is 176 Å². The minimum absolute atomic E-state index is 0.00239. The molecule has 0 atom stereocenters. The Balaban J connectivity index is 1.75. The molecule has 0 saturated carbocycles. The minimum Gasteiger partial charge on any atom is -0.458 e. The van der Waals surface area contributed by atoms with Crippen LogP contribution in [0.3, 0.4) is 0 Å². The number of aryl methyl sites for hydroxylation is 1. The van der Waals surface area contributed by atoms with Gasteiger partial charge in [0.05, 0.1) is 6.42 Å².